The van der Waals surface area contributed by atoms with Crippen LogP contribution in [0.2, 0.25) is 0 Å². The fourth-order valence-corrected chi connectivity index (χ4v) is 2.02. The second-order valence-electron chi connectivity index (χ2n) is 4.63. The van der Waals surface area contributed by atoms with Gasteiger partial charge in [0.25, 0.3) is 0 Å². The fourth-order valence-electron chi connectivity index (χ4n) is 2.02. The quantitative estimate of drug-likeness (QED) is 0.744. The second kappa shape index (κ2) is 6.86. The Morgan fingerprint density at radius 3 is 2.56 bits per heavy atom. The number of rotatable bonds is 5. The zero-order valence-electron chi connectivity index (χ0n) is 10.8. The number of carbonyl (C=O) groups is 1. The Labute approximate surface area is 99.0 Å². The Morgan fingerprint density at radius 2 is 2.06 bits per heavy atom. The van der Waals surface area contributed by atoms with Crippen LogP contribution in [0, 0.1) is 0 Å². The normalized spacial score (nSPS) is 18.1. The van der Waals surface area contributed by atoms with E-state index in [-0.39, 0.29) is 5.91 Å². The Bertz CT molecular complexity index is 212. The molecule has 0 bridgehead atoms. The minimum atomic E-state index is 0.212. The highest BCUT2D eigenvalue weighted by Gasteiger charge is 2.19. The summed E-state index contributed by atoms with van der Waals surface area (Å²) in [6.45, 7) is 8.91. The summed E-state index contributed by atoms with van der Waals surface area (Å²) in [5, 5.41) is 3.57. The smallest absolute Gasteiger partial charge is 0.219 e. The predicted octanol–water partition coefficient (Wildman–Crippen LogP) is 0.539. The minimum Gasteiger partial charge on any atom is -0.343 e. The van der Waals surface area contributed by atoms with Crippen molar-refractivity contribution in [1.82, 2.24) is 15.1 Å². The van der Waals surface area contributed by atoms with Gasteiger partial charge in [-0.3, -0.25) is 4.79 Å². The summed E-state index contributed by atoms with van der Waals surface area (Å²) in [6, 6.07) is 0.598. The average Bonchev–Trinajstić information content (AvgIpc) is 2.29. The van der Waals surface area contributed by atoms with Crippen LogP contribution >= 0.6 is 0 Å². The maximum atomic E-state index is 11.1. The van der Waals surface area contributed by atoms with Crippen LogP contribution in [0.3, 0.4) is 0 Å². The largest absolute Gasteiger partial charge is 0.343 e. The first-order valence-electron chi connectivity index (χ1n) is 6.31. The average molecular weight is 227 g/mol. The SMILES string of the molecule is CCN(C)CCNC1CCN(C(C)=O)CC1. The topological polar surface area (TPSA) is 35.6 Å². The molecule has 0 radical (unpaired) electrons. The van der Waals surface area contributed by atoms with Gasteiger partial charge in [0, 0.05) is 39.1 Å². The van der Waals surface area contributed by atoms with Gasteiger partial charge in [-0.15, -0.1) is 0 Å². The lowest BCUT2D eigenvalue weighted by atomic mass is 10.1. The Kier molecular flexibility index (Phi) is 5.77. The van der Waals surface area contributed by atoms with E-state index in [2.05, 4.69) is 24.2 Å². The van der Waals surface area contributed by atoms with Crippen molar-refractivity contribution in [3.05, 3.63) is 0 Å². The standard InChI is InChI=1S/C12H25N3O/c1-4-14(3)10-7-13-12-5-8-15(9-6-12)11(2)16/h12-13H,4-10H2,1-3H3. The third-order valence-electron chi connectivity index (χ3n) is 3.41. The molecule has 0 aromatic carbocycles. The van der Waals surface area contributed by atoms with Crippen LogP contribution in [0.1, 0.15) is 26.7 Å². The highest BCUT2D eigenvalue weighted by atomic mass is 16.2. The highest BCUT2D eigenvalue weighted by Crippen LogP contribution is 2.09. The van der Waals surface area contributed by atoms with Crippen molar-refractivity contribution in [2.75, 3.05) is 39.8 Å². The zero-order chi connectivity index (χ0) is 12.0. The van der Waals surface area contributed by atoms with E-state index < -0.39 is 0 Å². The van der Waals surface area contributed by atoms with Gasteiger partial charge in [0.2, 0.25) is 5.91 Å². The van der Waals surface area contributed by atoms with E-state index in [4.69, 9.17) is 0 Å². The van der Waals surface area contributed by atoms with E-state index >= 15 is 0 Å². The lowest BCUT2D eigenvalue weighted by Crippen LogP contribution is -2.45. The van der Waals surface area contributed by atoms with Crippen LogP contribution in [0.15, 0.2) is 0 Å². The van der Waals surface area contributed by atoms with Gasteiger partial charge in [0.1, 0.15) is 0 Å². The molecular formula is C12H25N3O. The van der Waals surface area contributed by atoms with E-state index in [1.54, 1.807) is 6.92 Å². The summed E-state index contributed by atoms with van der Waals surface area (Å²) in [4.78, 5) is 15.4. The molecule has 16 heavy (non-hydrogen) atoms. The van der Waals surface area contributed by atoms with Gasteiger partial charge in [-0.05, 0) is 26.4 Å². The Morgan fingerprint density at radius 1 is 1.44 bits per heavy atom. The number of piperidine rings is 1. The molecule has 0 aliphatic carbocycles. The first-order valence-corrected chi connectivity index (χ1v) is 6.31. The van der Waals surface area contributed by atoms with Gasteiger partial charge in [0.05, 0.1) is 0 Å². The Balaban J connectivity index is 2.10. The van der Waals surface area contributed by atoms with E-state index in [0.29, 0.717) is 6.04 Å². The van der Waals surface area contributed by atoms with Gasteiger partial charge in [-0.25, -0.2) is 0 Å². The second-order valence-corrected chi connectivity index (χ2v) is 4.63. The van der Waals surface area contributed by atoms with Crippen molar-refractivity contribution in [3.63, 3.8) is 0 Å². The van der Waals surface area contributed by atoms with Crippen molar-refractivity contribution in [2.24, 2.45) is 0 Å². The third-order valence-corrected chi connectivity index (χ3v) is 3.41. The molecular weight excluding hydrogens is 202 g/mol. The minimum absolute atomic E-state index is 0.212. The predicted molar refractivity (Wildman–Crippen MR) is 66.4 cm³/mol. The molecule has 4 heteroatoms. The molecule has 1 aliphatic rings. The number of nitrogens with one attached hydrogen (secondary N) is 1. The lowest BCUT2D eigenvalue weighted by Gasteiger charge is -2.32. The van der Waals surface area contributed by atoms with Crippen molar-refractivity contribution >= 4 is 5.91 Å². The summed E-state index contributed by atoms with van der Waals surface area (Å²) < 4.78 is 0. The molecule has 4 nitrogen and oxygen atoms in total. The molecule has 0 atom stereocenters. The molecule has 0 spiro atoms. The van der Waals surface area contributed by atoms with E-state index in [9.17, 15) is 4.79 Å². The number of likely N-dealkylation sites (tertiary alicyclic amines) is 1. The van der Waals surface area contributed by atoms with Gasteiger partial charge in [-0.2, -0.15) is 0 Å². The van der Waals surface area contributed by atoms with Crippen LogP contribution < -0.4 is 5.32 Å². The summed E-state index contributed by atoms with van der Waals surface area (Å²) in [5.74, 6) is 0.212. The third kappa shape index (κ3) is 4.49. The van der Waals surface area contributed by atoms with Crippen LogP contribution in [0.5, 0.6) is 0 Å². The summed E-state index contributed by atoms with van der Waals surface area (Å²) >= 11 is 0. The molecule has 0 aromatic heterocycles. The monoisotopic (exact) mass is 227 g/mol. The van der Waals surface area contributed by atoms with Gasteiger partial charge in [-0.1, -0.05) is 6.92 Å². The van der Waals surface area contributed by atoms with Crippen molar-refractivity contribution in [2.45, 2.75) is 32.7 Å². The van der Waals surface area contributed by atoms with Gasteiger partial charge < -0.3 is 15.1 Å². The van der Waals surface area contributed by atoms with Crippen molar-refractivity contribution in [1.29, 1.82) is 0 Å². The van der Waals surface area contributed by atoms with Crippen LogP contribution in [-0.4, -0.2) is 61.5 Å². The number of amides is 1. The maximum Gasteiger partial charge on any atom is 0.219 e. The molecule has 1 saturated heterocycles. The molecule has 0 saturated carbocycles. The zero-order valence-corrected chi connectivity index (χ0v) is 10.8. The number of nitrogens with zero attached hydrogens (tertiary/aromatic N) is 2. The molecule has 1 heterocycles. The fraction of sp³-hybridized carbons (Fsp3) is 0.917. The van der Waals surface area contributed by atoms with Crippen molar-refractivity contribution < 1.29 is 4.79 Å². The van der Waals surface area contributed by atoms with Crippen molar-refractivity contribution in [3.8, 4) is 0 Å². The van der Waals surface area contributed by atoms with E-state index in [1.165, 1.54) is 0 Å². The molecule has 1 N–H and O–H groups in total. The first kappa shape index (κ1) is 13.5. The van der Waals surface area contributed by atoms with Gasteiger partial charge in [0.15, 0.2) is 0 Å². The number of likely N-dealkylation sites (N-methyl/N-ethyl adjacent to an activating group) is 1. The number of carbonyl (C=O) groups excluding carboxylic acids is 1. The summed E-state index contributed by atoms with van der Waals surface area (Å²) in [6.07, 6.45) is 2.19. The number of hydrogen-bond donors (Lipinski definition) is 1. The van der Waals surface area contributed by atoms with Crippen LogP contribution in [-0.2, 0) is 4.79 Å². The van der Waals surface area contributed by atoms with E-state index in [1.807, 2.05) is 4.90 Å². The van der Waals surface area contributed by atoms with Crippen LogP contribution in [0.25, 0.3) is 0 Å². The van der Waals surface area contributed by atoms with E-state index in [0.717, 1.165) is 45.6 Å². The molecule has 1 fully saturated rings. The first-order chi connectivity index (χ1) is 7.63. The maximum absolute atomic E-state index is 11.1. The molecule has 94 valence electrons. The highest BCUT2D eigenvalue weighted by molar-refractivity contribution is 5.73. The Hall–Kier alpha value is -0.610. The number of hydrogen-bond acceptors (Lipinski definition) is 3. The van der Waals surface area contributed by atoms with Gasteiger partial charge >= 0.3 is 0 Å². The molecule has 1 aliphatic heterocycles. The molecule has 1 rings (SSSR count). The summed E-state index contributed by atoms with van der Waals surface area (Å²) in [5.41, 5.74) is 0. The van der Waals surface area contributed by atoms with Crippen LogP contribution in [0.4, 0.5) is 0 Å². The molecule has 0 unspecified atom stereocenters. The molecule has 1 amide bonds. The lowest BCUT2D eigenvalue weighted by molar-refractivity contribution is -0.129. The molecule has 0 aromatic rings. The summed E-state index contributed by atoms with van der Waals surface area (Å²) in [7, 11) is 2.14.